The summed E-state index contributed by atoms with van der Waals surface area (Å²) in [6, 6.07) is 1.02. The van der Waals surface area contributed by atoms with E-state index in [9.17, 15) is 4.79 Å². The summed E-state index contributed by atoms with van der Waals surface area (Å²) >= 11 is 0. The quantitative estimate of drug-likeness (QED) is 0.564. The molecule has 2 aliphatic heterocycles. The van der Waals surface area contributed by atoms with E-state index in [2.05, 4.69) is 18.0 Å². The fourth-order valence-corrected chi connectivity index (χ4v) is 2.32. The van der Waals surface area contributed by atoms with Crippen LogP contribution in [0.15, 0.2) is 11.6 Å². The highest BCUT2D eigenvalue weighted by Crippen LogP contribution is 2.33. The van der Waals surface area contributed by atoms with Crippen molar-refractivity contribution in [3.63, 3.8) is 0 Å². The van der Waals surface area contributed by atoms with Gasteiger partial charge < -0.3 is 4.74 Å². The van der Waals surface area contributed by atoms with Gasteiger partial charge in [-0.3, -0.25) is 4.90 Å². The first-order chi connectivity index (χ1) is 6.22. The Balaban J connectivity index is 2.17. The van der Waals surface area contributed by atoms with Crippen LogP contribution in [0.25, 0.3) is 0 Å². The Morgan fingerprint density at radius 2 is 2.38 bits per heavy atom. The molecule has 2 bridgehead atoms. The summed E-state index contributed by atoms with van der Waals surface area (Å²) in [4.78, 5) is 13.6. The predicted octanol–water partition coefficient (Wildman–Crippen LogP) is 0.952. The molecular weight excluding hydrogens is 166 g/mol. The Morgan fingerprint density at radius 1 is 1.62 bits per heavy atom. The van der Waals surface area contributed by atoms with Crippen molar-refractivity contribution in [1.82, 2.24) is 4.90 Å². The summed E-state index contributed by atoms with van der Waals surface area (Å²) < 4.78 is 4.72. The number of hydrogen-bond donors (Lipinski definition) is 0. The van der Waals surface area contributed by atoms with Crippen LogP contribution in [0.1, 0.15) is 19.3 Å². The van der Waals surface area contributed by atoms with Crippen LogP contribution in [0.2, 0.25) is 0 Å². The number of methoxy groups -OCH3 is 1. The molecule has 0 saturated carbocycles. The minimum atomic E-state index is -0.148. The number of likely N-dealkylation sites (N-methyl/N-ethyl adjacent to an activating group) is 1. The van der Waals surface area contributed by atoms with E-state index < -0.39 is 0 Å². The molecule has 2 heterocycles. The number of carbonyl (C=O) groups is 1. The van der Waals surface area contributed by atoms with E-state index in [1.165, 1.54) is 20.0 Å². The second-order valence-electron chi connectivity index (χ2n) is 3.85. The number of fused-ring (bicyclic) bond motifs is 2. The van der Waals surface area contributed by atoms with E-state index in [0.717, 1.165) is 12.0 Å². The van der Waals surface area contributed by atoms with Gasteiger partial charge in [0.15, 0.2) is 0 Å². The lowest BCUT2D eigenvalue weighted by molar-refractivity contribution is -0.136. The molecule has 0 amide bonds. The van der Waals surface area contributed by atoms with Crippen molar-refractivity contribution in [2.24, 2.45) is 0 Å². The van der Waals surface area contributed by atoms with Crippen LogP contribution < -0.4 is 0 Å². The molecule has 13 heavy (non-hydrogen) atoms. The maximum atomic E-state index is 11.3. The molecule has 0 N–H and O–H groups in total. The van der Waals surface area contributed by atoms with Crippen LogP contribution in [0.4, 0.5) is 0 Å². The summed E-state index contributed by atoms with van der Waals surface area (Å²) in [5.41, 5.74) is 0.869. The van der Waals surface area contributed by atoms with E-state index in [0.29, 0.717) is 12.1 Å². The van der Waals surface area contributed by atoms with Crippen molar-refractivity contribution >= 4 is 5.97 Å². The van der Waals surface area contributed by atoms with Crippen LogP contribution >= 0.6 is 0 Å². The van der Waals surface area contributed by atoms with Crippen LogP contribution in [0.3, 0.4) is 0 Å². The summed E-state index contributed by atoms with van der Waals surface area (Å²) in [6.07, 6.45) is 5.31. The number of nitrogens with zero attached hydrogens (tertiary/aromatic N) is 1. The lowest BCUT2D eigenvalue weighted by Crippen LogP contribution is -2.36. The zero-order chi connectivity index (χ0) is 9.42. The molecule has 2 atom stereocenters. The molecule has 72 valence electrons. The van der Waals surface area contributed by atoms with Crippen LogP contribution in [0.5, 0.6) is 0 Å². The van der Waals surface area contributed by atoms with E-state index in [-0.39, 0.29) is 5.97 Å². The predicted molar refractivity (Wildman–Crippen MR) is 49.3 cm³/mol. The minimum absolute atomic E-state index is 0.148. The van der Waals surface area contributed by atoms with Gasteiger partial charge in [-0.05, 0) is 26.3 Å². The van der Waals surface area contributed by atoms with E-state index in [4.69, 9.17) is 4.74 Å². The van der Waals surface area contributed by atoms with Gasteiger partial charge in [0.2, 0.25) is 0 Å². The summed E-state index contributed by atoms with van der Waals surface area (Å²) in [6.45, 7) is 0. The van der Waals surface area contributed by atoms with Gasteiger partial charge in [-0.25, -0.2) is 4.79 Å². The second kappa shape index (κ2) is 3.14. The molecule has 1 fully saturated rings. The molecule has 0 aromatic rings. The Bertz CT molecular complexity index is 260. The Kier molecular flexibility index (Phi) is 2.12. The van der Waals surface area contributed by atoms with Gasteiger partial charge in [0, 0.05) is 17.7 Å². The summed E-state index contributed by atoms with van der Waals surface area (Å²) in [5.74, 6) is -0.148. The Labute approximate surface area is 78.4 Å². The fourth-order valence-electron chi connectivity index (χ4n) is 2.32. The first kappa shape index (κ1) is 8.75. The number of rotatable bonds is 1. The van der Waals surface area contributed by atoms with Crippen LogP contribution in [-0.2, 0) is 9.53 Å². The number of esters is 1. The van der Waals surface area contributed by atoms with Gasteiger partial charge in [-0.2, -0.15) is 0 Å². The highest BCUT2D eigenvalue weighted by Gasteiger charge is 2.35. The molecule has 0 aromatic carbocycles. The largest absolute Gasteiger partial charge is 0.466 e. The van der Waals surface area contributed by atoms with E-state index in [1.54, 1.807) is 0 Å². The third-order valence-corrected chi connectivity index (χ3v) is 3.19. The minimum Gasteiger partial charge on any atom is -0.466 e. The fraction of sp³-hybridized carbons (Fsp3) is 0.700. The molecular formula is C10H15NO2. The van der Waals surface area contributed by atoms with Gasteiger partial charge in [0.25, 0.3) is 0 Å². The van der Waals surface area contributed by atoms with E-state index >= 15 is 0 Å². The zero-order valence-electron chi connectivity index (χ0n) is 8.12. The molecule has 0 spiro atoms. The van der Waals surface area contributed by atoms with Gasteiger partial charge in [-0.15, -0.1) is 0 Å². The van der Waals surface area contributed by atoms with Gasteiger partial charge in [0.05, 0.1) is 7.11 Å². The Morgan fingerprint density at radius 3 is 3.00 bits per heavy atom. The van der Waals surface area contributed by atoms with Crippen LogP contribution in [-0.4, -0.2) is 37.1 Å². The van der Waals surface area contributed by atoms with Gasteiger partial charge >= 0.3 is 5.97 Å². The summed E-state index contributed by atoms with van der Waals surface area (Å²) in [5, 5.41) is 0. The zero-order valence-corrected chi connectivity index (χ0v) is 8.12. The highest BCUT2D eigenvalue weighted by atomic mass is 16.5. The maximum Gasteiger partial charge on any atom is 0.333 e. The normalized spacial score (nSPS) is 32.9. The Hall–Kier alpha value is -0.830. The van der Waals surface area contributed by atoms with Gasteiger partial charge in [-0.1, -0.05) is 6.08 Å². The molecule has 2 rings (SSSR count). The maximum absolute atomic E-state index is 11.3. The molecule has 0 radical (unpaired) electrons. The molecule has 3 heteroatoms. The lowest BCUT2D eigenvalue weighted by atomic mass is 10.0. The topological polar surface area (TPSA) is 29.5 Å². The van der Waals surface area contributed by atoms with Gasteiger partial charge in [0.1, 0.15) is 0 Å². The first-order valence-corrected chi connectivity index (χ1v) is 4.73. The number of hydrogen-bond acceptors (Lipinski definition) is 3. The SMILES string of the molecule is COC(=O)C1=CC2CCC(C1)N2C. The second-order valence-corrected chi connectivity index (χ2v) is 3.85. The average Bonchev–Trinajstić information content (AvgIpc) is 2.42. The van der Waals surface area contributed by atoms with E-state index in [1.807, 2.05) is 0 Å². The van der Waals surface area contributed by atoms with Crippen molar-refractivity contribution in [2.45, 2.75) is 31.3 Å². The number of carbonyl (C=O) groups excluding carboxylic acids is 1. The van der Waals surface area contributed by atoms with Crippen molar-refractivity contribution in [1.29, 1.82) is 0 Å². The van der Waals surface area contributed by atoms with Crippen molar-refractivity contribution in [2.75, 3.05) is 14.2 Å². The van der Waals surface area contributed by atoms with Crippen LogP contribution in [0, 0.1) is 0 Å². The summed E-state index contributed by atoms with van der Waals surface area (Å²) in [7, 11) is 3.58. The number of ether oxygens (including phenoxy) is 1. The third kappa shape index (κ3) is 1.37. The third-order valence-electron chi connectivity index (χ3n) is 3.19. The van der Waals surface area contributed by atoms with Crippen molar-refractivity contribution in [3.05, 3.63) is 11.6 Å². The highest BCUT2D eigenvalue weighted by molar-refractivity contribution is 5.88. The molecule has 3 nitrogen and oxygen atoms in total. The molecule has 2 unspecified atom stereocenters. The van der Waals surface area contributed by atoms with Crippen molar-refractivity contribution < 1.29 is 9.53 Å². The average molecular weight is 181 g/mol. The van der Waals surface area contributed by atoms with Crippen molar-refractivity contribution in [3.8, 4) is 0 Å². The monoisotopic (exact) mass is 181 g/mol. The molecule has 0 aromatic heterocycles. The lowest BCUT2D eigenvalue weighted by Gasteiger charge is -2.29. The molecule has 1 saturated heterocycles. The molecule has 0 aliphatic carbocycles. The standard InChI is InChI=1S/C10H15NO2/c1-11-8-3-4-9(11)6-7(5-8)10(12)13-2/h5,8-9H,3-4,6H2,1-2H3. The molecule has 2 aliphatic rings. The first-order valence-electron chi connectivity index (χ1n) is 4.73. The smallest absolute Gasteiger partial charge is 0.333 e.